The van der Waals surface area contributed by atoms with Gasteiger partial charge < -0.3 is 10.1 Å². The molecule has 1 heterocycles. The Morgan fingerprint density at radius 3 is 2.35 bits per heavy atom. The lowest BCUT2D eigenvalue weighted by atomic mass is 10.1. The number of rotatable bonds is 9. The third-order valence-electron chi connectivity index (χ3n) is 5.10. The van der Waals surface area contributed by atoms with Gasteiger partial charge in [-0.3, -0.25) is 0 Å². The van der Waals surface area contributed by atoms with Crippen LogP contribution in [0.15, 0.2) is 78.9 Å². The molecule has 0 aliphatic rings. The summed E-state index contributed by atoms with van der Waals surface area (Å²) in [6, 6.07) is 26.0. The normalized spacial score (nSPS) is 10.9. The van der Waals surface area contributed by atoms with E-state index in [1.807, 2.05) is 60.7 Å². The van der Waals surface area contributed by atoms with Crippen molar-refractivity contribution in [1.29, 1.82) is 0 Å². The molecule has 6 heteroatoms. The molecule has 4 aromatic rings. The minimum atomic E-state index is 0.528. The van der Waals surface area contributed by atoms with Crippen molar-refractivity contribution in [2.45, 2.75) is 19.5 Å². The van der Waals surface area contributed by atoms with Crippen molar-refractivity contribution in [3.05, 3.63) is 101 Å². The summed E-state index contributed by atoms with van der Waals surface area (Å²) in [4.78, 5) is 1.72. The minimum absolute atomic E-state index is 0.528. The molecule has 0 atom stereocenters. The zero-order valence-corrected chi connectivity index (χ0v) is 18.2. The van der Waals surface area contributed by atoms with E-state index in [4.69, 9.17) is 26.5 Å². The van der Waals surface area contributed by atoms with Crippen molar-refractivity contribution in [3.8, 4) is 17.0 Å². The molecule has 4 rings (SSSR count). The molecule has 0 saturated carbocycles. The van der Waals surface area contributed by atoms with E-state index in [0.29, 0.717) is 13.1 Å². The summed E-state index contributed by atoms with van der Waals surface area (Å²) in [7, 11) is 1.70. The van der Waals surface area contributed by atoms with Crippen LogP contribution in [0.25, 0.3) is 11.3 Å². The first-order chi connectivity index (χ1) is 15.2. The molecule has 1 N–H and O–H groups in total. The highest BCUT2D eigenvalue weighted by Crippen LogP contribution is 2.22. The first kappa shape index (κ1) is 21.1. The fourth-order valence-corrected chi connectivity index (χ4v) is 3.71. The second kappa shape index (κ2) is 10.2. The highest BCUT2D eigenvalue weighted by Gasteiger charge is 2.14. The molecule has 0 saturated heterocycles. The zero-order chi connectivity index (χ0) is 21.5. The van der Waals surface area contributed by atoms with E-state index in [1.165, 1.54) is 5.56 Å². The number of ether oxygens (including phenoxy) is 1. The fraction of sp³-hybridized carbons (Fsp3) is 0.200. The van der Waals surface area contributed by atoms with Crippen molar-refractivity contribution in [1.82, 2.24) is 20.3 Å². The first-order valence-corrected chi connectivity index (χ1v) is 10.7. The van der Waals surface area contributed by atoms with E-state index in [0.717, 1.165) is 46.3 Å². The number of halogens is 1. The molecule has 0 unspecified atom stereocenters. The van der Waals surface area contributed by atoms with Crippen LogP contribution in [-0.4, -0.2) is 28.6 Å². The Morgan fingerprint density at radius 2 is 1.58 bits per heavy atom. The number of hydrogen-bond donors (Lipinski definition) is 1. The standard InChI is InChI=1S/C25H25ClN4O/c1-31-24-14-8-6-9-19(24)15-16-27-17-23-25(20-10-3-2-4-11-20)29-30(28-23)18-21-12-5-7-13-22(21)26/h2-14,27H,15-18H2,1H3. The topological polar surface area (TPSA) is 52.0 Å². The van der Waals surface area contributed by atoms with Crippen molar-refractivity contribution in [2.75, 3.05) is 13.7 Å². The molecule has 158 valence electrons. The largest absolute Gasteiger partial charge is 0.496 e. The monoisotopic (exact) mass is 432 g/mol. The van der Waals surface area contributed by atoms with Crippen LogP contribution in [0.2, 0.25) is 5.02 Å². The lowest BCUT2D eigenvalue weighted by Gasteiger charge is -2.08. The average molecular weight is 433 g/mol. The van der Waals surface area contributed by atoms with Gasteiger partial charge in [0.1, 0.15) is 17.1 Å². The molecule has 3 aromatic carbocycles. The minimum Gasteiger partial charge on any atom is -0.496 e. The summed E-state index contributed by atoms with van der Waals surface area (Å²) < 4.78 is 5.44. The van der Waals surface area contributed by atoms with Gasteiger partial charge in [-0.05, 0) is 36.2 Å². The van der Waals surface area contributed by atoms with Crippen LogP contribution in [0.4, 0.5) is 0 Å². The number of para-hydroxylation sites is 1. The average Bonchev–Trinajstić information content (AvgIpc) is 3.21. The second-order valence-electron chi connectivity index (χ2n) is 7.22. The smallest absolute Gasteiger partial charge is 0.122 e. The molecule has 1 aromatic heterocycles. The molecule has 0 spiro atoms. The summed E-state index contributed by atoms with van der Waals surface area (Å²) >= 11 is 6.33. The van der Waals surface area contributed by atoms with Gasteiger partial charge in [0.05, 0.1) is 13.7 Å². The maximum Gasteiger partial charge on any atom is 0.122 e. The van der Waals surface area contributed by atoms with Gasteiger partial charge in [-0.1, -0.05) is 78.3 Å². The molecule has 0 amide bonds. The Hall–Kier alpha value is -3.15. The SMILES string of the molecule is COc1ccccc1CCNCc1nn(Cc2ccccc2Cl)nc1-c1ccccc1. The van der Waals surface area contributed by atoms with Gasteiger partial charge in [0.25, 0.3) is 0 Å². The maximum atomic E-state index is 6.33. The van der Waals surface area contributed by atoms with Crippen molar-refractivity contribution in [2.24, 2.45) is 0 Å². The molecule has 0 fully saturated rings. The van der Waals surface area contributed by atoms with E-state index in [-0.39, 0.29) is 0 Å². The molecule has 0 bridgehead atoms. The van der Waals surface area contributed by atoms with Gasteiger partial charge in [0, 0.05) is 17.1 Å². The molecule has 0 aliphatic carbocycles. The van der Waals surface area contributed by atoms with Crippen molar-refractivity contribution in [3.63, 3.8) is 0 Å². The molecule has 31 heavy (non-hydrogen) atoms. The summed E-state index contributed by atoms with van der Waals surface area (Å²) in [5.41, 5.74) is 5.03. The first-order valence-electron chi connectivity index (χ1n) is 10.3. The lowest BCUT2D eigenvalue weighted by Crippen LogP contribution is -2.18. The van der Waals surface area contributed by atoms with Gasteiger partial charge >= 0.3 is 0 Å². The van der Waals surface area contributed by atoms with Gasteiger partial charge in [-0.2, -0.15) is 15.0 Å². The van der Waals surface area contributed by atoms with Gasteiger partial charge in [0.15, 0.2) is 0 Å². The van der Waals surface area contributed by atoms with Crippen LogP contribution >= 0.6 is 11.6 Å². The van der Waals surface area contributed by atoms with Crippen LogP contribution in [-0.2, 0) is 19.5 Å². The summed E-state index contributed by atoms with van der Waals surface area (Å²) in [5.74, 6) is 0.917. The Bertz CT molecular complexity index is 1130. The summed E-state index contributed by atoms with van der Waals surface area (Å²) in [5, 5.41) is 13.8. The molecule has 0 radical (unpaired) electrons. The van der Waals surface area contributed by atoms with Gasteiger partial charge in [0.2, 0.25) is 0 Å². The summed E-state index contributed by atoms with van der Waals surface area (Å²) in [6.07, 6.45) is 0.873. The van der Waals surface area contributed by atoms with E-state index < -0.39 is 0 Å². The van der Waals surface area contributed by atoms with Gasteiger partial charge in [-0.15, -0.1) is 0 Å². The number of nitrogens with zero attached hydrogens (tertiary/aromatic N) is 3. The quantitative estimate of drug-likeness (QED) is 0.379. The maximum absolute atomic E-state index is 6.33. The number of nitrogens with one attached hydrogen (secondary N) is 1. The van der Waals surface area contributed by atoms with Crippen LogP contribution in [0, 0.1) is 0 Å². The third kappa shape index (κ3) is 5.32. The van der Waals surface area contributed by atoms with Crippen molar-refractivity contribution >= 4 is 11.6 Å². The van der Waals surface area contributed by atoms with E-state index in [1.54, 1.807) is 11.9 Å². The highest BCUT2D eigenvalue weighted by molar-refractivity contribution is 6.31. The zero-order valence-electron chi connectivity index (χ0n) is 17.5. The molecular weight excluding hydrogens is 408 g/mol. The number of aromatic nitrogens is 3. The predicted molar refractivity (Wildman–Crippen MR) is 124 cm³/mol. The molecule has 5 nitrogen and oxygen atoms in total. The van der Waals surface area contributed by atoms with Crippen LogP contribution in [0.1, 0.15) is 16.8 Å². The Morgan fingerprint density at radius 1 is 0.871 bits per heavy atom. The van der Waals surface area contributed by atoms with E-state index in [2.05, 4.69) is 23.5 Å². The van der Waals surface area contributed by atoms with Crippen LogP contribution in [0.3, 0.4) is 0 Å². The Labute approximate surface area is 187 Å². The fourth-order valence-electron chi connectivity index (χ4n) is 3.51. The van der Waals surface area contributed by atoms with E-state index >= 15 is 0 Å². The van der Waals surface area contributed by atoms with Crippen LogP contribution < -0.4 is 10.1 Å². The van der Waals surface area contributed by atoms with Crippen LogP contribution in [0.5, 0.6) is 5.75 Å². The van der Waals surface area contributed by atoms with Crippen molar-refractivity contribution < 1.29 is 4.74 Å². The Kier molecular flexibility index (Phi) is 6.97. The highest BCUT2D eigenvalue weighted by atomic mass is 35.5. The third-order valence-corrected chi connectivity index (χ3v) is 5.47. The molecular formula is C25H25ClN4O. The second-order valence-corrected chi connectivity index (χ2v) is 7.63. The lowest BCUT2D eigenvalue weighted by molar-refractivity contribution is 0.409. The Balaban J connectivity index is 1.49. The van der Waals surface area contributed by atoms with E-state index in [9.17, 15) is 0 Å². The summed E-state index contributed by atoms with van der Waals surface area (Å²) in [6.45, 7) is 1.97. The predicted octanol–water partition coefficient (Wildman–Crippen LogP) is 4.99. The number of hydrogen-bond acceptors (Lipinski definition) is 4. The van der Waals surface area contributed by atoms with Gasteiger partial charge in [-0.25, -0.2) is 0 Å². The number of benzene rings is 3. The number of methoxy groups -OCH3 is 1. The molecule has 0 aliphatic heterocycles.